The highest BCUT2D eigenvalue weighted by Gasteiger charge is 2.03. The molecule has 0 atom stereocenters. The number of anilines is 1. The van der Waals surface area contributed by atoms with Crippen LogP contribution in [-0.2, 0) is 0 Å². The van der Waals surface area contributed by atoms with E-state index in [4.69, 9.17) is 4.74 Å². The summed E-state index contributed by atoms with van der Waals surface area (Å²) in [5.74, 6) is 0.770. The first-order chi connectivity index (χ1) is 11.9. The van der Waals surface area contributed by atoms with Crippen LogP contribution in [0, 0.1) is 0 Å². The number of nitrogens with zero attached hydrogens (tertiary/aromatic N) is 2. The fraction of sp³-hybridized carbons (Fsp3) is 0.0526. The van der Waals surface area contributed by atoms with Crippen LogP contribution in [0.4, 0.5) is 5.13 Å². The second-order valence-corrected chi connectivity index (χ2v) is 5.77. The van der Waals surface area contributed by atoms with E-state index in [-0.39, 0.29) is 0 Å². The number of aromatic nitrogens is 1. The van der Waals surface area contributed by atoms with E-state index in [0.717, 1.165) is 27.7 Å². The van der Waals surface area contributed by atoms with E-state index in [2.05, 4.69) is 22.1 Å². The first-order valence-corrected chi connectivity index (χ1v) is 8.37. The average molecular weight is 335 g/mol. The van der Waals surface area contributed by atoms with Crippen LogP contribution in [0.2, 0.25) is 0 Å². The average Bonchev–Trinajstić information content (AvgIpc) is 3.10. The van der Waals surface area contributed by atoms with E-state index < -0.39 is 0 Å². The van der Waals surface area contributed by atoms with Gasteiger partial charge in [0.2, 0.25) is 5.13 Å². The number of hydrazone groups is 1. The summed E-state index contributed by atoms with van der Waals surface area (Å²) >= 11 is 1.52. The van der Waals surface area contributed by atoms with Gasteiger partial charge in [0.1, 0.15) is 12.4 Å². The first kappa shape index (κ1) is 16.0. The van der Waals surface area contributed by atoms with Crippen LogP contribution in [-0.4, -0.2) is 17.8 Å². The molecule has 1 heterocycles. The van der Waals surface area contributed by atoms with Gasteiger partial charge in [-0.25, -0.2) is 4.98 Å². The van der Waals surface area contributed by atoms with Crippen molar-refractivity contribution in [2.75, 3.05) is 12.0 Å². The van der Waals surface area contributed by atoms with Crippen molar-refractivity contribution in [3.05, 3.63) is 78.2 Å². The van der Waals surface area contributed by atoms with Gasteiger partial charge in [-0.15, -0.1) is 11.3 Å². The molecule has 120 valence electrons. The number of rotatable bonds is 7. The predicted octanol–water partition coefficient (Wildman–Crippen LogP) is 4.82. The van der Waals surface area contributed by atoms with E-state index in [1.165, 1.54) is 11.3 Å². The standard InChI is InChI=1S/C19H17N3OS/c1-2-12-23-18-11-7-6-10-16(18)13-20-22-19-21-17(14-24-19)15-8-4-3-5-9-15/h2-11,13-14H,1,12H2,(H,21,22)/b20-13-. The van der Waals surface area contributed by atoms with Crippen LogP contribution in [0.1, 0.15) is 5.56 Å². The fourth-order valence-electron chi connectivity index (χ4n) is 2.09. The summed E-state index contributed by atoms with van der Waals surface area (Å²) in [6, 6.07) is 17.8. The maximum atomic E-state index is 5.60. The number of ether oxygens (including phenoxy) is 1. The van der Waals surface area contributed by atoms with Gasteiger partial charge in [-0.1, -0.05) is 55.1 Å². The van der Waals surface area contributed by atoms with Gasteiger partial charge in [-0.2, -0.15) is 5.10 Å². The Balaban J connectivity index is 1.67. The zero-order valence-corrected chi connectivity index (χ0v) is 13.9. The van der Waals surface area contributed by atoms with Crippen LogP contribution in [0.15, 0.2) is 77.7 Å². The summed E-state index contributed by atoms with van der Waals surface area (Å²) in [7, 11) is 0. The van der Waals surface area contributed by atoms with Crippen molar-refractivity contribution in [1.29, 1.82) is 0 Å². The van der Waals surface area contributed by atoms with E-state index in [1.54, 1.807) is 12.3 Å². The van der Waals surface area contributed by atoms with Crippen LogP contribution >= 0.6 is 11.3 Å². The number of thiazole rings is 1. The van der Waals surface area contributed by atoms with Gasteiger partial charge in [-0.3, -0.25) is 5.43 Å². The predicted molar refractivity (Wildman–Crippen MR) is 101 cm³/mol. The Hall–Kier alpha value is -2.92. The van der Waals surface area contributed by atoms with Gasteiger partial charge in [-0.05, 0) is 12.1 Å². The molecule has 0 spiro atoms. The Labute approximate surface area is 145 Å². The lowest BCUT2D eigenvalue weighted by atomic mass is 10.2. The molecule has 0 radical (unpaired) electrons. The maximum absolute atomic E-state index is 5.60. The lowest BCUT2D eigenvalue weighted by Crippen LogP contribution is -1.97. The molecule has 0 amide bonds. The molecular weight excluding hydrogens is 318 g/mol. The molecule has 0 fully saturated rings. The summed E-state index contributed by atoms with van der Waals surface area (Å²) in [4.78, 5) is 4.53. The van der Waals surface area contributed by atoms with Crippen molar-refractivity contribution in [2.45, 2.75) is 0 Å². The highest BCUT2D eigenvalue weighted by Crippen LogP contribution is 2.24. The van der Waals surface area contributed by atoms with Crippen molar-refractivity contribution in [1.82, 2.24) is 4.98 Å². The summed E-state index contributed by atoms with van der Waals surface area (Å²) in [6.07, 6.45) is 3.44. The molecule has 0 saturated carbocycles. The SMILES string of the molecule is C=CCOc1ccccc1/C=N\Nc1nc(-c2ccccc2)cs1. The molecule has 4 nitrogen and oxygen atoms in total. The topological polar surface area (TPSA) is 46.5 Å². The third kappa shape index (κ3) is 4.08. The van der Waals surface area contributed by atoms with Crippen LogP contribution in [0.3, 0.4) is 0 Å². The van der Waals surface area contributed by atoms with Gasteiger partial charge >= 0.3 is 0 Å². The van der Waals surface area contributed by atoms with E-state index in [0.29, 0.717) is 6.61 Å². The number of hydrogen-bond donors (Lipinski definition) is 1. The van der Waals surface area contributed by atoms with Crippen LogP contribution in [0.25, 0.3) is 11.3 Å². The Morgan fingerprint density at radius 2 is 1.92 bits per heavy atom. The minimum absolute atomic E-state index is 0.463. The van der Waals surface area contributed by atoms with Crippen LogP contribution < -0.4 is 10.2 Å². The molecule has 0 saturated heterocycles. The maximum Gasteiger partial charge on any atom is 0.203 e. The van der Waals surface area contributed by atoms with Gasteiger partial charge in [0.05, 0.1) is 11.9 Å². The normalized spacial score (nSPS) is 10.7. The molecule has 5 heteroatoms. The summed E-state index contributed by atoms with van der Waals surface area (Å²) in [6.45, 7) is 4.12. The van der Waals surface area contributed by atoms with Crippen molar-refractivity contribution >= 4 is 22.7 Å². The summed E-state index contributed by atoms with van der Waals surface area (Å²) in [5, 5.41) is 7.01. The Bertz CT molecular complexity index is 827. The Morgan fingerprint density at radius 1 is 1.12 bits per heavy atom. The monoisotopic (exact) mass is 335 g/mol. The number of nitrogens with one attached hydrogen (secondary N) is 1. The fourth-order valence-corrected chi connectivity index (χ4v) is 2.76. The molecule has 3 rings (SSSR count). The minimum atomic E-state index is 0.463. The number of benzene rings is 2. The molecule has 0 aliphatic carbocycles. The van der Waals surface area contributed by atoms with E-state index in [9.17, 15) is 0 Å². The molecule has 2 aromatic carbocycles. The third-order valence-corrected chi connectivity index (χ3v) is 3.96. The van der Waals surface area contributed by atoms with Crippen molar-refractivity contribution in [3.8, 4) is 17.0 Å². The van der Waals surface area contributed by atoms with Gasteiger partial charge in [0, 0.05) is 16.5 Å². The highest BCUT2D eigenvalue weighted by atomic mass is 32.1. The summed E-state index contributed by atoms with van der Waals surface area (Å²) < 4.78 is 5.60. The van der Waals surface area contributed by atoms with Crippen molar-refractivity contribution in [2.24, 2.45) is 5.10 Å². The third-order valence-electron chi connectivity index (χ3n) is 3.21. The van der Waals surface area contributed by atoms with E-state index >= 15 is 0 Å². The lowest BCUT2D eigenvalue weighted by molar-refractivity contribution is 0.363. The molecule has 1 aromatic heterocycles. The number of para-hydroxylation sites is 1. The molecule has 0 aliphatic rings. The second-order valence-electron chi connectivity index (χ2n) is 4.91. The van der Waals surface area contributed by atoms with Gasteiger partial charge in [0.25, 0.3) is 0 Å². The zero-order valence-electron chi connectivity index (χ0n) is 13.1. The second kappa shape index (κ2) is 8.08. The zero-order chi connectivity index (χ0) is 16.6. The van der Waals surface area contributed by atoms with Gasteiger partial charge in [0.15, 0.2) is 0 Å². The van der Waals surface area contributed by atoms with Crippen molar-refractivity contribution in [3.63, 3.8) is 0 Å². The molecular formula is C19H17N3OS. The first-order valence-electron chi connectivity index (χ1n) is 7.49. The highest BCUT2D eigenvalue weighted by molar-refractivity contribution is 7.14. The van der Waals surface area contributed by atoms with Crippen molar-refractivity contribution < 1.29 is 4.74 Å². The molecule has 0 unspecified atom stereocenters. The Kier molecular flexibility index (Phi) is 5.37. The van der Waals surface area contributed by atoms with E-state index in [1.807, 2.05) is 60.0 Å². The smallest absolute Gasteiger partial charge is 0.203 e. The minimum Gasteiger partial charge on any atom is -0.489 e. The molecule has 1 N–H and O–H groups in total. The van der Waals surface area contributed by atoms with Gasteiger partial charge < -0.3 is 4.74 Å². The number of hydrogen-bond acceptors (Lipinski definition) is 5. The molecule has 0 aliphatic heterocycles. The summed E-state index contributed by atoms with van der Waals surface area (Å²) in [5.41, 5.74) is 5.89. The molecule has 0 bridgehead atoms. The quantitative estimate of drug-likeness (QED) is 0.382. The molecule has 3 aromatic rings. The Morgan fingerprint density at radius 3 is 2.75 bits per heavy atom. The molecule has 24 heavy (non-hydrogen) atoms. The largest absolute Gasteiger partial charge is 0.489 e. The van der Waals surface area contributed by atoms with Crippen LogP contribution in [0.5, 0.6) is 5.75 Å². The lowest BCUT2D eigenvalue weighted by Gasteiger charge is -2.05.